The quantitative estimate of drug-likeness (QED) is 0.655. The Morgan fingerprint density at radius 2 is 1.85 bits per heavy atom. The van der Waals surface area contributed by atoms with Crippen LogP contribution in [0.15, 0.2) is 30.3 Å². The van der Waals surface area contributed by atoms with Gasteiger partial charge in [0.2, 0.25) is 0 Å². The van der Waals surface area contributed by atoms with Crippen molar-refractivity contribution >= 4 is 40.1 Å². The molecule has 4 rings (SSSR count). The van der Waals surface area contributed by atoms with Crippen molar-refractivity contribution in [2.75, 3.05) is 13.1 Å². The van der Waals surface area contributed by atoms with Crippen LogP contribution in [0.1, 0.15) is 29.6 Å². The molecule has 0 unspecified atom stereocenters. The molecule has 0 bridgehead atoms. The van der Waals surface area contributed by atoms with E-state index in [2.05, 4.69) is 15.4 Å². The number of carbonyl (C=O) groups excluding carboxylic acids is 1. The van der Waals surface area contributed by atoms with E-state index in [1.54, 1.807) is 24.3 Å². The van der Waals surface area contributed by atoms with Crippen molar-refractivity contribution < 1.29 is 9.18 Å². The number of nitrogens with zero attached hydrogens (tertiary/aromatic N) is 2. The summed E-state index contributed by atoms with van der Waals surface area (Å²) in [5.41, 5.74) is 4.62. The van der Waals surface area contributed by atoms with Crippen LogP contribution in [0.5, 0.6) is 0 Å². The van der Waals surface area contributed by atoms with Crippen molar-refractivity contribution in [3.8, 4) is 11.4 Å². The highest BCUT2D eigenvalue weighted by atomic mass is 35.5. The predicted molar refractivity (Wildman–Crippen MR) is 104 cm³/mol. The van der Waals surface area contributed by atoms with Crippen LogP contribution in [0.3, 0.4) is 0 Å². The lowest BCUT2D eigenvalue weighted by Gasteiger charge is -2.26. The van der Waals surface area contributed by atoms with Gasteiger partial charge in [0.1, 0.15) is 11.6 Å². The maximum absolute atomic E-state index is 14.7. The molecule has 0 saturated carbocycles. The Hall–Kier alpha value is -2.15. The number of hydrazine groups is 1. The number of aromatic amines is 1. The summed E-state index contributed by atoms with van der Waals surface area (Å²) in [6.45, 7) is 1.63. The van der Waals surface area contributed by atoms with Gasteiger partial charge in [-0.1, -0.05) is 29.6 Å². The van der Waals surface area contributed by atoms with E-state index < -0.39 is 5.82 Å². The molecule has 3 aromatic rings. The van der Waals surface area contributed by atoms with E-state index >= 15 is 0 Å². The van der Waals surface area contributed by atoms with Crippen molar-refractivity contribution in [2.24, 2.45) is 0 Å². The number of hydrogen-bond acceptors (Lipinski definition) is 3. The SMILES string of the molecule is O=C(NN1CCCCC1)c1ccc(-c2nc3cc(Cl)c(Cl)cc3[nH]2)c(F)c1. The van der Waals surface area contributed by atoms with Crippen LogP contribution in [0.4, 0.5) is 4.39 Å². The standard InChI is InChI=1S/C19H17Cl2FN4O/c20-13-9-16-17(10-14(13)21)24-18(23-16)12-5-4-11(8-15(12)22)19(27)25-26-6-2-1-3-7-26/h4-5,8-10H,1-3,6-7H2,(H,23,24)(H,25,27). The summed E-state index contributed by atoms with van der Waals surface area (Å²) in [6, 6.07) is 7.62. The summed E-state index contributed by atoms with van der Waals surface area (Å²) in [7, 11) is 0. The largest absolute Gasteiger partial charge is 0.338 e. The average Bonchev–Trinajstić information content (AvgIpc) is 3.05. The summed E-state index contributed by atoms with van der Waals surface area (Å²) in [6.07, 6.45) is 3.27. The summed E-state index contributed by atoms with van der Waals surface area (Å²) in [5, 5.41) is 2.65. The average molecular weight is 407 g/mol. The minimum atomic E-state index is -0.530. The number of imidazole rings is 1. The van der Waals surface area contributed by atoms with E-state index in [1.165, 1.54) is 12.5 Å². The maximum atomic E-state index is 14.7. The predicted octanol–water partition coefficient (Wildman–Crippen LogP) is 4.81. The fourth-order valence-corrected chi connectivity index (χ4v) is 3.52. The molecule has 0 radical (unpaired) electrons. The monoisotopic (exact) mass is 406 g/mol. The Kier molecular flexibility index (Phi) is 5.04. The Labute approximate surface area is 165 Å². The molecule has 1 fully saturated rings. The molecule has 0 atom stereocenters. The number of fused-ring (bicyclic) bond motifs is 1. The number of nitrogens with one attached hydrogen (secondary N) is 2. The third-order valence-corrected chi connectivity index (χ3v) is 5.35. The van der Waals surface area contributed by atoms with E-state index in [-0.39, 0.29) is 17.0 Å². The van der Waals surface area contributed by atoms with Gasteiger partial charge in [-0.2, -0.15) is 0 Å². The minimum Gasteiger partial charge on any atom is -0.338 e. The second kappa shape index (κ2) is 7.46. The van der Waals surface area contributed by atoms with Gasteiger partial charge in [-0.3, -0.25) is 10.2 Å². The number of piperidine rings is 1. The van der Waals surface area contributed by atoms with Crippen molar-refractivity contribution in [1.29, 1.82) is 0 Å². The van der Waals surface area contributed by atoms with Crippen LogP contribution < -0.4 is 5.43 Å². The van der Waals surface area contributed by atoms with Crippen LogP contribution >= 0.6 is 23.2 Å². The third kappa shape index (κ3) is 3.78. The Bertz CT molecular complexity index is 975. The van der Waals surface area contributed by atoms with E-state index in [4.69, 9.17) is 23.2 Å². The van der Waals surface area contributed by atoms with Crippen LogP contribution in [0.25, 0.3) is 22.4 Å². The van der Waals surface area contributed by atoms with Crippen LogP contribution in [0, 0.1) is 5.82 Å². The lowest BCUT2D eigenvalue weighted by molar-refractivity contribution is 0.0749. The lowest BCUT2D eigenvalue weighted by Crippen LogP contribution is -2.45. The molecule has 1 saturated heterocycles. The zero-order chi connectivity index (χ0) is 19.0. The maximum Gasteiger partial charge on any atom is 0.265 e. The molecule has 0 aliphatic carbocycles. The normalized spacial score (nSPS) is 15.2. The van der Waals surface area contributed by atoms with Crippen molar-refractivity contribution in [1.82, 2.24) is 20.4 Å². The third-order valence-electron chi connectivity index (χ3n) is 4.63. The van der Waals surface area contributed by atoms with E-state index in [1.807, 2.05) is 5.01 Å². The van der Waals surface area contributed by atoms with Gasteiger partial charge in [0.25, 0.3) is 5.91 Å². The molecule has 27 heavy (non-hydrogen) atoms. The number of amides is 1. The van der Waals surface area contributed by atoms with Crippen molar-refractivity contribution in [3.05, 3.63) is 51.8 Å². The smallest absolute Gasteiger partial charge is 0.265 e. The molecule has 0 spiro atoms. The highest BCUT2D eigenvalue weighted by Crippen LogP contribution is 2.29. The summed E-state index contributed by atoms with van der Waals surface area (Å²) < 4.78 is 14.7. The molecule has 2 aromatic carbocycles. The molecule has 8 heteroatoms. The highest BCUT2D eigenvalue weighted by Gasteiger charge is 2.17. The molecular weight excluding hydrogens is 390 g/mol. The molecule has 1 aliphatic heterocycles. The summed E-state index contributed by atoms with van der Waals surface area (Å²) >= 11 is 12.0. The number of aromatic nitrogens is 2. The minimum absolute atomic E-state index is 0.268. The first kappa shape index (κ1) is 18.2. The molecule has 1 amide bonds. The van der Waals surface area contributed by atoms with E-state index in [9.17, 15) is 9.18 Å². The highest BCUT2D eigenvalue weighted by molar-refractivity contribution is 6.42. The molecule has 140 valence electrons. The number of benzene rings is 2. The zero-order valence-electron chi connectivity index (χ0n) is 14.4. The van der Waals surface area contributed by atoms with Gasteiger partial charge < -0.3 is 4.98 Å². The van der Waals surface area contributed by atoms with Gasteiger partial charge in [0.05, 0.1) is 26.6 Å². The molecular formula is C19H17Cl2FN4O. The summed E-state index contributed by atoms with van der Waals surface area (Å²) in [5.74, 6) is -0.494. The summed E-state index contributed by atoms with van der Waals surface area (Å²) in [4.78, 5) is 19.8. The number of carbonyl (C=O) groups is 1. The second-order valence-corrected chi connectivity index (χ2v) is 7.37. The zero-order valence-corrected chi connectivity index (χ0v) is 15.9. The second-order valence-electron chi connectivity index (χ2n) is 6.55. The fourth-order valence-electron chi connectivity index (χ4n) is 3.19. The number of H-pyrrole nitrogens is 1. The molecule has 1 aliphatic rings. The van der Waals surface area contributed by atoms with Crippen molar-refractivity contribution in [3.63, 3.8) is 0 Å². The first-order valence-corrected chi connectivity index (χ1v) is 9.47. The molecule has 2 N–H and O–H groups in total. The molecule has 5 nitrogen and oxygen atoms in total. The van der Waals surface area contributed by atoms with Crippen LogP contribution in [0.2, 0.25) is 10.0 Å². The van der Waals surface area contributed by atoms with Gasteiger partial charge >= 0.3 is 0 Å². The van der Waals surface area contributed by atoms with E-state index in [0.717, 1.165) is 25.9 Å². The number of hydrogen-bond donors (Lipinski definition) is 2. The Morgan fingerprint density at radius 3 is 2.59 bits per heavy atom. The molecule has 1 aromatic heterocycles. The Morgan fingerprint density at radius 1 is 1.11 bits per heavy atom. The van der Waals surface area contributed by atoms with Gasteiger partial charge in [0.15, 0.2) is 0 Å². The number of rotatable bonds is 3. The van der Waals surface area contributed by atoms with Crippen LogP contribution in [-0.4, -0.2) is 34.0 Å². The van der Waals surface area contributed by atoms with Crippen LogP contribution in [-0.2, 0) is 0 Å². The topological polar surface area (TPSA) is 61.0 Å². The number of halogens is 3. The first-order valence-electron chi connectivity index (χ1n) is 8.72. The van der Waals surface area contributed by atoms with Gasteiger partial charge in [0, 0.05) is 18.7 Å². The van der Waals surface area contributed by atoms with Gasteiger partial charge in [-0.25, -0.2) is 14.4 Å². The molecule has 2 heterocycles. The Balaban J connectivity index is 1.59. The fraction of sp³-hybridized carbons (Fsp3) is 0.263. The lowest BCUT2D eigenvalue weighted by atomic mass is 10.1. The van der Waals surface area contributed by atoms with Crippen molar-refractivity contribution in [2.45, 2.75) is 19.3 Å². The van der Waals surface area contributed by atoms with E-state index in [0.29, 0.717) is 26.9 Å². The van der Waals surface area contributed by atoms with Gasteiger partial charge in [-0.15, -0.1) is 0 Å². The van der Waals surface area contributed by atoms with Gasteiger partial charge in [-0.05, 0) is 43.2 Å². The first-order chi connectivity index (χ1) is 13.0.